The van der Waals surface area contributed by atoms with Crippen LogP contribution in [0.4, 0.5) is 13.2 Å². The summed E-state index contributed by atoms with van der Waals surface area (Å²) < 4.78 is 38.8. The lowest BCUT2D eigenvalue weighted by molar-refractivity contribution is -0.137. The van der Waals surface area contributed by atoms with Gasteiger partial charge in [-0.3, -0.25) is 5.10 Å². The summed E-state index contributed by atoms with van der Waals surface area (Å²) in [5, 5.41) is 6.84. The normalized spacial score (nSPS) is 11.9. The van der Waals surface area contributed by atoms with E-state index in [1.54, 1.807) is 13.8 Å². The fourth-order valence-corrected chi connectivity index (χ4v) is 1.88. The number of nitrogens with one attached hydrogen (secondary N) is 1. The molecule has 0 amide bonds. The smallest absolute Gasteiger partial charge is 0.282 e. The zero-order valence-electron chi connectivity index (χ0n) is 9.69. The van der Waals surface area contributed by atoms with Gasteiger partial charge in [-0.15, -0.1) is 0 Å². The molecule has 0 spiro atoms. The molecule has 0 aliphatic heterocycles. The number of aromatic amines is 1. The summed E-state index contributed by atoms with van der Waals surface area (Å²) in [6.45, 7) is 3.47. The predicted octanol–water partition coefficient (Wildman–Crippen LogP) is 4.37. The molecule has 6 heteroatoms. The number of nitrogens with zero attached hydrogens (tertiary/aromatic N) is 1. The van der Waals surface area contributed by atoms with Gasteiger partial charge in [0.15, 0.2) is 0 Å². The second kappa shape index (κ2) is 4.31. The van der Waals surface area contributed by atoms with Gasteiger partial charge in [-0.25, -0.2) is 0 Å². The average Bonchev–Trinajstić information content (AvgIpc) is 2.58. The number of halogens is 4. The van der Waals surface area contributed by atoms with Crippen molar-refractivity contribution in [2.75, 3.05) is 0 Å². The van der Waals surface area contributed by atoms with Crippen molar-refractivity contribution in [1.29, 1.82) is 0 Å². The summed E-state index contributed by atoms with van der Waals surface area (Å²) >= 11 is 5.77. The van der Waals surface area contributed by atoms with Crippen molar-refractivity contribution in [3.05, 3.63) is 40.0 Å². The third-order valence-corrected chi connectivity index (χ3v) is 3.03. The highest BCUT2D eigenvalue weighted by atomic mass is 35.5. The third kappa shape index (κ3) is 2.22. The summed E-state index contributed by atoms with van der Waals surface area (Å²) in [6, 6.07) is 3.48. The van der Waals surface area contributed by atoms with Crippen LogP contribution in [0.25, 0.3) is 11.3 Å². The zero-order chi connectivity index (χ0) is 13.5. The first kappa shape index (κ1) is 13.0. The molecular formula is C12H10ClF3N2. The van der Waals surface area contributed by atoms with Crippen molar-refractivity contribution in [2.45, 2.75) is 20.0 Å². The van der Waals surface area contributed by atoms with Gasteiger partial charge in [0.2, 0.25) is 0 Å². The first-order valence-corrected chi connectivity index (χ1v) is 5.57. The Morgan fingerprint density at radius 2 is 1.89 bits per heavy atom. The molecule has 1 aromatic carbocycles. The minimum atomic E-state index is -4.43. The van der Waals surface area contributed by atoms with E-state index in [0.29, 0.717) is 5.56 Å². The molecule has 0 saturated carbocycles. The molecule has 2 rings (SSSR count). The number of hydrogen-bond donors (Lipinski definition) is 1. The van der Waals surface area contributed by atoms with E-state index in [2.05, 4.69) is 10.2 Å². The fraction of sp³-hybridized carbons (Fsp3) is 0.250. The quantitative estimate of drug-likeness (QED) is 0.822. The summed E-state index contributed by atoms with van der Waals surface area (Å²) in [6.07, 6.45) is -4.43. The highest BCUT2D eigenvalue weighted by Gasteiger charge is 2.34. The largest absolute Gasteiger partial charge is 0.417 e. The monoisotopic (exact) mass is 274 g/mol. The molecule has 2 aromatic rings. The van der Waals surface area contributed by atoms with Crippen molar-refractivity contribution < 1.29 is 13.2 Å². The number of H-pyrrole nitrogens is 1. The predicted molar refractivity (Wildman–Crippen MR) is 63.5 cm³/mol. The number of alkyl halides is 3. The first-order valence-electron chi connectivity index (χ1n) is 5.19. The minimum Gasteiger partial charge on any atom is -0.282 e. The molecule has 0 fully saturated rings. The first-order chi connectivity index (χ1) is 8.30. The second-order valence-electron chi connectivity index (χ2n) is 4.01. The topological polar surface area (TPSA) is 28.7 Å². The van der Waals surface area contributed by atoms with Gasteiger partial charge in [-0.05, 0) is 37.6 Å². The molecule has 2 nitrogen and oxygen atoms in total. The maximum atomic E-state index is 12.9. The molecule has 0 radical (unpaired) electrons. The van der Waals surface area contributed by atoms with Crippen LogP contribution in [0.2, 0.25) is 5.02 Å². The molecule has 0 aliphatic carbocycles. The Bertz CT molecular complexity index is 587. The lowest BCUT2D eigenvalue weighted by Gasteiger charge is -2.12. The van der Waals surface area contributed by atoms with Crippen LogP contribution in [0.1, 0.15) is 16.8 Å². The highest BCUT2D eigenvalue weighted by Crippen LogP contribution is 2.38. The summed E-state index contributed by atoms with van der Waals surface area (Å²) in [4.78, 5) is 0. The molecular weight excluding hydrogens is 265 g/mol. The van der Waals surface area contributed by atoms with Gasteiger partial charge < -0.3 is 0 Å². The SMILES string of the molecule is Cc1[nH]nc(-c2cc(Cl)ccc2C(F)(F)F)c1C. The van der Waals surface area contributed by atoms with Gasteiger partial charge in [-0.1, -0.05) is 11.6 Å². The Hall–Kier alpha value is -1.49. The number of aromatic nitrogens is 2. The standard InChI is InChI=1S/C12H10ClF3N2/c1-6-7(2)17-18-11(6)9-5-8(13)3-4-10(9)12(14,15)16/h3-5H,1-2H3,(H,17,18). The number of aryl methyl sites for hydroxylation is 1. The Morgan fingerprint density at radius 3 is 2.39 bits per heavy atom. The van der Waals surface area contributed by atoms with E-state index in [9.17, 15) is 13.2 Å². The zero-order valence-corrected chi connectivity index (χ0v) is 10.4. The van der Waals surface area contributed by atoms with E-state index >= 15 is 0 Å². The third-order valence-electron chi connectivity index (χ3n) is 2.80. The second-order valence-corrected chi connectivity index (χ2v) is 4.45. The van der Waals surface area contributed by atoms with Crippen LogP contribution < -0.4 is 0 Å². The van der Waals surface area contributed by atoms with Crippen LogP contribution in [0.5, 0.6) is 0 Å². The van der Waals surface area contributed by atoms with Crippen LogP contribution in [0, 0.1) is 13.8 Å². The molecule has 0 unspecified atom stereocenters. The Morgan fingerprint density at radius 1 is 1.22 bits per heavy atom. The minimum absolute atomic E-state index is 0.00292. The molecule has 1 N–H and O–H groups in total. The lowest BCUT2D eigenvalue weighted by atomic mass is 10.0. The summed E-state index contributed by atoms with van der Waals surface area (Å²) in [5.74, 6) is 0. The van der Waals surface area contributed by atoms with E-state index in [-0.39, 0.29) is 16.3 Å². The Balaban J connectivity index is 2.70. The van der Waals surface area contributed by atoms with Crippen LogP contribution in [0.15, 0.2) is 18.2 Å². The molecule has 0 saturated heterocycles. The average molecular weight is 275 g/mol. The molecule has 0 atom stereocenters. The van der Waals surface area contributed by atoms with Crippen molar-refractivity contribution in [1.82, 2.24) is 10.2 Å². The van der Waals surface area contributed by atoms with Crippen LogP contribution in [-0.2, 0) is 6.18 Å². The maximum Gasteiger partial charge on any atom is 0.417 e. The van der Waals surface area contributed by atoms with E-state index in [1.807, 2.05) is 0 Å². The fourth-order valence-electron chi connectivity index (χ4n) is 1.71. The number of hydrogen-bond acceptors (Lipinski definition) is 1. The van der Waals surface area contributed by atoms with Crippen molar-refractivity contribution >= 4 is 11.6 Å². The van der Waals surface area contributed by atoms with Gasteiger partial charge in [0.05, 0.1) is 11.3 Å². The highest BCUT2D eigenvalue weighted by molar-refractivity contribution is 6.30. The Kier molecular flexibility index (Phi) is 3.11. The summed E-state index contributed by atoms with van der Waals surface area (Å²) in [7, 11) is 0. The van der Waals surface area contributed by atoms with Crippen molar-refractivity contribution in [2.24, 2.45) is 0 Å². The molecule has 96 valence electrons. The van der Waals surface area contributed by atoms with E-state index in [0.717, 1.165) is 11.8 Å². The molecule has 1 aromatic heterocycles. The van der Waals surface area contributed by atoms with Crippen molar-refractivity contribution in [3.63, 3.8) is 0 Å². The van der Waals surface area contributed by atoms with Crippen molar-refractivity contribution in [3.8, 4) is 11.3 Å². The maximum absolute atomic E-state index is 12.9. The number of rotatable bonds is 1. The van der Waals surface area contributed by atoms with Crippen LogP contribution in [0.3, 0.4) is 0 Å². The van der Waals surface area contributed by atoms with E-state index < -0.39 is 11.7 Å². The molecule has 1 heterocycles. The number of benzene rings is 1. The van der Waals surface area contributed by atoms with Gasteiger partial charge >= 0.3 is 6.18 Å². The Labute approximate surface area is 107 Å². The van der Waals surface area contributed by atoms with Gasteiger partial charge in [0, 0.05) is 16.3 Å². The summed E-state index contributed by atoms with van der Waals surface area (Å²) in [5.41, 5.74) is 0.960. The lowest BCUT2D eigenvalue weighted by Crippen LogP contribution is -2.07. The van der Waals surface area contributed by atoms with E-state index in [4.69, 9.17) is 11.6 Å². The molecule has 0 aliphatic rings. The molecule has 18 heavy (non-hydrogen) atoms. The van der Waals surface area contributed by atoms with E-state index in [1.165, 1.54) is 12.1 Å². The van der Waals surface area contributed by atoms with Gasteiger partial charge in [0.1, 0.15) is 0 Å². The van der Waals surface area contributed by atoms with Crippen LogP contribution >= 0.6 is 11.6 Å². The van der Waals surface area contributed by atoms with Gasteiger partial charge in [-0.2, -0.15) is 18.3 Å². The van der Waals surface area contributed by atoms with Gasteiger partial charge in [0.25, 0.3) is 0 Å². The van der Waals surface area contributed by atoms with Crippen LogP contribution in [-0.4, -0.2) is 10.2 Å². The molecule has 0 bridgehead atoms.